The summed E-state index contributed by atoms with van der Waals surface area (Å²) in [5.41, 5.74) is 1.91. The van der Waals surface area contributed by atoms with Crippen LogP contribution < -0.4 is 0 Å². The third kappa shape index (κ3) is 8.80. The molecule has 0 atom stereocenters. The standard InChI is InChI=1S/C8H7N.C3H8.C2H6/c1-7-2-4-8(6-9)5-3-7;1-3-2;1-2/h2-5H,1H3;3H2,1-2H3;1-2H3. The van der Waals surface area contributed by atoms with E-state index in [0.717, 1.165) is 5.56 Å². The van der Waals surface area contributed by atoms with Gasteiger partial charge in [-0.1, -0.05) is 51.8 Å². The van der Waals surface area contributed by atoms with Crippen LogP contribution in [-0.2, 0) is 0 Å². The first-order valence-electron chi connectivity index (χ1n) is 5.21. The highest BCUT2D eigenvalue weighted by Crippen LogP contribution is 1.99. The molecular weight excluding hydrogens is 170 g/mol. The first kappa shape index (κ1) is 15.2. The van der Waals surface area contributed by atoms with Gasteiger partial charge in [0.05, 0.1) is 11.6 Å². The second kappa shape index (κ2) is 11.7. The molecule has 0 amide bonds. The summed E-state index contributed by atoms with van der Waals surface area (Å²) in [7, 11) is 0. The van der Waals surface area contributed by atoms with Crippen molar-refractivity contribution in [3.8, 4) is 6.07 Å². The molecule has 78 valence electrons. The van der Waals surface area contributed by atoms with Gasteiger partial charge in [0.1, 0.15) is 0 Å². The molecule has 0 aliphatic carbocycles. The molecule has 14 heavy (non-hydrogen) atoms. The van der Waals surface area contributed by atoms with Crippen LogP contribution in [0.5, 0.6) is 0 Å². The molecule has 0 saturated heterocycles. The van der Waals surface area contributed by atoms with Gasteiger partial charge in [-0.2, -0.15) is 5.26 Å². The van der Waals surface area contributed by atoms with Gasteiger partial charge >= 0.3 is 0 Å². The summed E-state index contributed by atoms with van der Waals surface area (Å²) in [6, 6.07) is 9.54. The van der Waals surface area contributed by atoms with E-state index in [2.05, 4.69) is 19.9 Å². The summed E-state index contributed by atoms with van der Waals surface area (Å²) < 4.78 is 0. The Bertz CT molecular complexity index is 241. The van der Waals surface area contributed by atoms with E-state index >= 15 is 0 Å². The molecule has 0 fully saturated rings. The van der Waals surface area contributed by atoms with Crippen molar-refractivity contribution in [2.75, 3.05) is 0 Å². The van der Waals surface area contributed by atoms with Crippen LogP contribution in [0.25, 0.3) is 0 Å². The molecule has 1 nitrogen and oxygen atoms in total. The SMILES string of the molecule is CC.CCC.Cc1ccc(C#N)cc1. The summed E-state index contributed by atoms with van der Waals surface area (Å²) in [6.45, 7) is 10.3. The molecule has 0 saturated carbocycles. The minimum Gasteiger partial charge on any atom is -0.192 e. The normalized spacial score (nSPS) is 7.14. The van der Waals surface area contributed by atoms with Crippen molar-refractivity contribution >= 4 is 0 Å². The predicted molar refractivity (Wildman–Crippen MR) is 63.2 cm³/mol. The molecule has 0 bridgehead atoms. The molecule has 1 heteroatoms. The fourth-order valence-electron chi connectivity index (χ4n) is 0.628. The second-order valence-electron chi connectivity index (χ2n) is 2.68. The lowest BCUT2D eigenvalue weighted by atomic mass is 10.2. The zero-order chi connectivity index (χ0) is 11.4. The zero-order valence-electron chi connectivity index (χ0n) is 9.96. The Balaban J connectivity index is 0. The summed E-state index contributed by atoms with van der Waals surface area (Å²) in [4.78, 5) is 0. The van der Waals surface area contributed by atoms with Crippen LogP contribution in [0.2, 0.25) is 0 Å². The van der Waals surface area contributed by atoms with Crippen molar-refractivity contribution in [3.63, 3.8) is 0 Å². The fourth-order valence-corrected chi connectivity index (χ4v) is 0.628. The number of hydrogen-bond donors (Lipinski definition) is 0. The Hall–Kier alpha value is -1.29. The van der Waals surface area contributed by atoms with E-state index in [1.165, 1.54) is 12.0 Å². The van der Waals surface area contributed by atoms with Crippen molar-refractivity contribution in [3.05, 3.63) is 35.4 Å². The number of aryl methyl sites for hydroxylation is 1. The van der Waals surface area contributed by atoms with Crippen molar-refractivity contribution in [2.45, 2.75) is 41.0 Å². The molecule has 1 rings (SSSR count). The van der Waals surface area contributed by atoms with E-state index in [-0.39, 0.29) is 0 Å². The Morgan fingerprint density at radius 3 is 1.71 bits per heavy atom. The number of nitriles is 1. The van der Waals surface area contributed by atoms with Gasteiger partial charge in [-0.05, 0) is 19.1 Å². The third-order valence-corrected chi connectivity index (χ3v) is 1.18. The van der Waals surface area contributed by atoms with Gasteiger partial charge in [0.15, 0.2) is 0 Å². The van der Waals surface area contributed by atoms with Crippen LogP contribution >= 0.6 is 0 Å². The quantitative estimate of drug-likeness (QED) is 0.599. The van der Waals surface area contributed by atoms with Gasteiger partial charge < -0.3 is 0 Å². The van der Waals surface area contributed by atoms with Crippen LogP contribution in [0.15, 0.2) is 24.3 Å². The third-order valence-electron chi connectivity index (χ3n) is 1.18. The lowest BCUT2D eigenvalue weighted by molar-refractivity contribution is 1.09. The highest BCUT2D eigenvalue weighted by molar-refractivity contribution is 5.30. The molecule has 1 aromatic rings. The maximum Gasteiger partial charge on any atom is 0.0991 e. The van der Waals surface area contributed by atoms with Crippen molar-refractivity contribution in [2.24, 2.45) is 0 Å². The molecule has 0 N–H and O–H groups in total. The summed E-state index contributed by atoms with van der Waals surface area (Å²) >= 11 is 0. The average Bonchev–Trinajstić information content (AvgIpc) is 2.23. The Kier molecular flexibility index (Phi) is 12.7. The molecule has 0 heterocycles. The molecule has 0 unspecified atom stereocenters. The summed E-state index contributed by atoms with van der Waals surface area (Å²) in [5.74, 6) is 0. The van der Waals surface area contributed by atoms with E-state index < -0.39 is 0 Å². The van der Waals surface area contributed by atoms with Gasteiger partial charge in [-0.3, -0.25) is 0 Å². The van der Waals surface area contributed by atoms with Crippen LogP contribution in [0.1, 0.15) is 45.2 Å². The fraction of sp³-hybridized carbons (Fsp3) is 0.462. The Morgan fingerprint density at radius 1 is 1.07 bits per heavy atom. The van der Waals surface area contributed by atoms with Crippen molar-refractivity contribution in [1.29, 1.82) is 5.26 Å². The van der Waals surface area contributed by atoms with Crippen LogP contribution in [0.3, 0.4) is 0 Å². The highest BCUT2D eigenvalue weighted by Gasteiger charge is 1.84. The molecular formula is C13H21N. The van der Waals surface area contributed by atoms with E-state index in [0.29, 0.717) is 0 Å². The predicted octanol–water partition coefficient (Wildman–Crippen LogP) is 4.31. The number of benzene rings is 1. The molecule has 0 radical (unpaired) electrons. The zero-order valence-corrected chi connectivity index (χ0v) is 9.96. The summed E-state index contributed by atoms with van der Waals surface area (Å²) in [5, 5.41) is 8.38. The molecule has 0 aromatic heterocycles. The maximum absolute atomic E-state index is 8.38. The number of rotatable bonds is 0. The first-order chi connectivity index (χ1) is 6.74. The Labute approximate surface area is 88.4 Å². The molecule has 0 aliphatic heterocycles. The van der Waals surface area contributed by atoms with Crippen molar-refractivity contribution in [1.82, 2.24) is 0 Å². The topological polar surface area (TPSA) is 23.8 Å². The highest BCUT2D eigenvalue weighted by atomic mass is 14.2. The van der Waals surface area contributed by atoms with Gasteiger partial charge in [-0.25, -0.2) is 0 Å². The Morgan fingerprint density at radius 2 is 1.43 bits per heavy atom. The van der Waals surface area contributed by atoms with Gasteiger partial charge in [0.2, 0.25) is 0 Å². The van der Waals surface area contributed by atoms with Crippen LogP contribution in [0, 0.1) is 18.3 Å². The lowest BCUT2D eigenvalue weighted by Gasteiger charge is -1.88. The minimum atomic E-state index is 0.723. The number of hydrogen-bond acceptors (Lipinski definition) is 1. The largest absolute Gasteiger partial charge is 0.192 e. The molecule has 0 aliphatic rings. The summed E-state index contributed by atoms with van der Waals surface area (Å²) in [6.07, 6.45) is 1.25. The van der Waals surface area contributed by atoms with Gasteiger partial charge in [0.25, 0.3) is 0 Å². The smallest absolute Gasteiger partial charge is 0.0991 e. The van der Waals surface area contributed by atoms with Crippen molar-refractivity contribution < 1.29 is 0 Å². The van der Waals surface area contributed by atoms with E-state index in [1.807, 2.05) is 45.0 Å². The van der Waals surface area contributed by atoms with Gasteiger partial charge in [0, 0.05) is 0 Å². The second-order valence-corrected chi connectivity index (χ2v) is 2.68. The van der Waals surface area contributed by atoms with Gasteiger partial charge in [-0.15, -0.1) is 0 Å². The molecule has 1 aromatic carbocycles. The van der Waals surface area contributed by atoms with E-state index in [4.69, 9.17) is 5.26 Å². The first-order valence-corrected chi connectivity index (χ1v) is 5.21. The monoisotopic (exact) mass is 191 g/mol. The maximum atomic E-state index is 8.38. The van der Waals surface area contributed by atoms with E-state index in [1.54, 1.807) is 0 Å². The molecule has 0 spiro atoms. The lowest BCUT2D eigenvalue weighted by Crippen LogP contribution is -1.72. The van der Waals surface area contributed by atoms with Crippen LogP contribution in [-0.4, -0.2) is 0 Å². The minimum absolute atomic E-state index is 0.723. The number of nitrogens with zero attached hydrogens (tertiary/aromatic N) is 1. The average molecular weight is 191 g/mol. The van der Waals surface area contributed by atoms with Crippen LogP contribution in [0.4, 0.5) is 0 Å². The van der Waals surface area contributed by atoms with E-state index in [9.17, 15) is 0 Å².